The fourth-order valence-electron chi connectivity index (χ4n) is 1.60. The van der Waals surface area contributed by atoms with Gasteiger partial charge < -0.3 is 9.53 Å². The highest BCUT2D eigenvalue weighted by molar-refractivity contribution is 5.61. The highest BCUT2D eigenvalue weighted by Crippen LogP contribution is 2.26. The van der Waals surface area contributed by atoms with Gasteiger partial charge in [-0.05, 0) is 24.5 Å². The lowest BCUT2D eigenvalue weighted by atomic mass is 10.0. The Morgan fingerprint density at radius 1 is 1.54 bits per heavy atom. The second-order valence-electron chi connectivity index (χ2n) is 3.27. The predicted molar refractivity (Wildman–Crippen MR) is 50.0 cm³/mol. The Morgan fingerprint density at radius 2 is 2.46 bits per heavy atom. The topological polar surface area (TPSA) is 26.3 Å². The highest BCUT2D eigenvalue weighted by atomic mass is 16.5. The van der Waals surface area contributed by atoms with Gasteiger partial charge in [-0.15, -0.1) is 0 Å². The number of hydrogen-bond donors (Lipinski definition) is 0. The van der Waals surface area contributed by atoms with Crippen molar-refractivity contribution in [3.63, 3.8) is 0 Å². The molecule has 0 aromatic rings. The van der Waals surface area contributed by atoms with E-state index in [-0.39, 0.29) is 5.92 Å². The second-order valence-corrected chi connectivity index (χ2v) is 3.27. The van der Waals surface area contributed by atoms with Gasteiger partial charge in [-0.1, -0.05) is 18.2 Å². The summed E-state index contributed by atoms with van der Waals surface area (Å²) >= 11 is 0. The SMILES string of the molecule is O=CC1C=CC=C2CCCOC2=C1. The lowest BCUT2D eigenvalue weighted by Gasteiger charge is -2.19. The summed E-state index contributed by atoms with van der Waals surface area (Å²) < 4.78 is 5.49. The van der Waals surface area contributed by atoms with Gasteiger partial charge in [0.2, 0.25) is 0 Å². The normalized spacial score (nSPS) is 26.3. The lowest BCUT2D eigenvalue weighted by Crippen LogP contribution is -2.07. The van der Waals surface area contributed by atoms with E-state index >= 15 is 0 Å². The number of carbonyl (C=O) groups excluding carboxylic acids is 1. The number of ether oxygens (including phenoxy) is 1. The molecule has 0 bridgehead atoms. The van der Waals surface area contributed by atoms with Crippen LogP contribution >= 0.6 is 0 Å². The minimum Gasteiger partial charge on any atom is -0.494 e. The Bertz CT molecular complexity index is 297. The number of hydrogen-bond acceptors (Lipinski definition) is 2. The van der Waals surface area contributed by atoms with Gasteiger partial charge in [0.1, 0.15) is 12.0 Å². The smallest absolute Gasteiger partial charge is 0.130 e. The number of fused-ring (bicyclic) bond motifs is 1. The zero-order valence-corrected chi connectivity index (χ0v) is 7.40. The van der Waals surface area contributed by atoms with Gasteiger partial charge in [0.15, 0.2) is 0 Å². The van der Waals surface area contributed by atoms with Crippen LogP contribution in [0.3, 0.4) is 0 Å². The third-order valence-corrected chi connectivity index (χ3v) is 2.30. The first kappa shape index (κ1) is 8.30. The average Bonchev–Trinajstić information content (AvgIpc) is 2.38. The van der Waals surface area contributed by atoms with Gasteiger partial charge in [-0.2, -0.15) is 0 Å². The highest BCUT2D eigenvalue weighted by Gasteiger charge is 2.15. The van der Waals surface area contributed by atoms with Crippen LogP contribution in [0.1, 0.15) is 12.8 Å². The molecule has 2 rings (SSSR count). The van der Waals surface area contributed by atoms with Crippen LogP contribution in [0.15, 0.2) is 35.6 Å². The molecule has 1 fully saturated rings. The zero-order valence-electron chi connectivity index (χ0n) is 7.40. The third-order valence-electron chi connectivity index (χ3n) is 2.30. The fourth-order valence-corrected chi connectivity index (χ4v) is 1.60. The molecule has 1 aliphatic heterocycles. The molecule has 1 atom stereocenters. The molecule has 1 aliphatic carbocycles. The van der Waals surface area contributed by atoms with E-state index in [9.17, 15) is 4.79 Å². The van der Waals surface area contributed by atoms with E-state index in [1.807, 2.05) is 24.3 Å². The fraction of sp³-hybridized carbons (Fsp3) is 0.364. The number of aldehydes is 1. The summed E-state index contributed by atoms with van der Waals surface area (Å²) in [6, 6.07) is 0. The first-order valence-corrected chi connectivity index (χ1v) is 4.58. The van der Waals surface area contributed by atoms with Crippen LogP contribution < -0.4 is 0 Å². The monoisotopic (exact) mass is 176 g/mol. The minimum atomic E-state index is -0.123. The molecule has 0 radical (unpaired) electrons. The van der Waals surface area contributed by atoms with Crippen LogP contribution in [0.2, 0.25) is 0 Å². The lowest BCUT2D eigenvalue weighted by molar-refractivity contribution is -0.109. The first-order valence-electron chi connectivity index (χ1n) is 4.58. The van der Waals surface area contributed by atoms with Crippen molar-refractivity contribution < 1.29 is 9.53 Å². The van der Waals surface area contributed by atoms with Crippen LogP contribution in [-0.2, 0) is 9.53 Å². The third kappa shape index (κ3) is 1.72. The molecule has 1 heterocycles. The average molecular weight is 176 g/mol. The standard InChI is InChI=1S/C11H12O2/c12-8-9-3-1-4-10-5-2-6-13-11(10)7-9/h1,3-4,7-9H,2,5-6H2. The van der Waals surface area contributed by atoms with Crippen molar-refractivity contribution in [1.29, 1.82) is 0 Å². The Labute approximate surface area is 77.6 Å². The number of rotatable bonds is 1. The summed E-state index contributed by atoms with van der Waals surface area (Å²) in [5.74, 6) is 0.773. The Balaban J connectivity index is 2.28. The van der Waals surface area contributed by atoms with Crippen LogP contribution in [0.4, 0.5) is 0 Å². The summed E-state index contributed by atoms with van der Waals surface area (Å²) in [6.45, 7) is 0.773. The van der Waals surface area contributed by atoms with Gasteiger partial charge in [0, 0.05) is 0 Å². The molecule has 1 saturated heterocycles. The molecule has 1 unspecified atom stereocenters. The second kappa shape index (κ2) is 3.60. The maximum absolute atomic E-state index is 10.6. The van der Waals surface area contributed by atoms with Crippen molar-refractivity contribution in [3.8, 4) is 0 Å². The number of carbonyl (C=O) groups is 1. The van der Waals surface area contributed by atoms with Gasteiger partial charge >= 0.3 is 0 Å². The zero-order chi connectivity index (χ0) is 9.10. The van der Waals surface area contributed by atoms with Crippen molar-refractivity contribution in [3.05, 3.63) is 35.6 Å². The first-order chi connectivity index (χ1) is 6.40. The molecule has 2 aliphatic rings. The maximum Gasteiger partial charge on any atom is 0.130 e. The molecule has 0 aromatic carbocycles. The predicted octanol–water partition coefficient (Wildman–Crippen LogP) is 1.99. The van der Waals surface area contributed by atoms with Gasteiger partial charge in [-0.25, -0.2) is 0 Å². The minimum absolute atomic E-state index is 0.123. The molecule has 0 saturated carbocycles. The van der Waals surface area contributed by atoms with Crippen LogP contribution in [0.5, 0.6) is 0 Å². The molecule has 0 N–H and O–H groups in total. The largest absolute Gasteiger partial charge is 0.494 e. The van der Waals surface area contributed by atoms with Crippen LogP contribution in [0, 0.1) is 5.92 Å². The van der Waals surface area contributed by atoms with Crippen molar-refractivity contribution in [2.45, 2.75) is 12.8 Å². The summed E-state index contributed by atoms with van der Waals surface area (Å²) in [7, 11) is 0. The van der Waals surface area contributed by atoms with E-state index < -0.39 is 0 Å². The van der Waals surface area contributed by atoms with E-state index in [1.54, 1.807) is 0 Å². The van der Waals surface area contributed by atoms with Gasteiger partial charge in [0.25, 0.3) is 0 Å². The molecule has 0 aromatic heterocycles. The molecular formula is C11H12O2. The summed E-state index contributed by atoms with van der Waals surface area (Å²) in [4.78, 5) is 10.6. The van der Waals surface area contributed by atoms with Crippen molar-refractivity contribution in [2.24, 2.45) is 5.92 Å². The summed E-state index contributed by atoms with van der Waals surface area (Å²) in [5.41, 5.74) is 1.21. The van der Waals surface area contributed by atoms with Crippen molar-refractivity contribution in [2.75, 3.05) is 6.61 Å². The molecule has 2 heteroatoms. The van der Waals surface area contributed by atoms with Crippen molar-refractivity contribution >= 4 is 6.29 Å². The van der Waals surface area contributed by atoms with Crippen LogP contribution in [0.25, 0.3) is 0 Å². The molecule has 68 valence electrons. The molecule has 0 amide bonds. The number of allylic oxidation sites excluding steroid dienone is 5. The van der Waals surface area contributed by atoms with E-state index in [0.29, 0.717) is 0 Å². The van der Waals surface area contributed by atoms with E-state index in [4.69, 9.17) is 4.74 Å². The van der Waals surface area contributed by atoms with Gasteiger partial charge in [-0.3, -0.25) is 0 Å². The summed E-state index contributed by atoms with van der Waals surface area (Å²) in [6.07, 6.45) is 10.8. The van der Waals surface area contributed by atoms with E-state index in [2.05, 4.69) is 0 Å². The Morgan fingerprint density at radius 3 is 3.31 bits per heavy atom. The molecular weight excluding hydrogens is 164 g/mol. The Hall–Kier alpha value is -1.31. The van der Waals surface area contributed by atoms with Gasteiger partial charge in [0.05, 0.1) is 12.5 Å². The summed E-state index contributed by atoms with van der Waals surface area (Å²) in [5, 5.41) is 0. The molecule has 2 nitrogen and oxygen atoms in total. The van der Waals surface area contributed by atoms with E-state index in [0.717, 1.165) is 31.5 Å². The van der Waals surface area contributed by atoms with Crippen molar-refractivity contribution in [1.82, 2.24) is 0 Å². The molecule has 0 spiro atoms. The molecule has 13 heavy (non-hydrogen) atoms. The van der Waals surface area contributed by atoms with Crippen LogP contribution in [-0.4, -0.2) is 12.9 Å². The maximum atomic E-state index is 10.6. The Kier molecular flexibility index (Phi) is 2.30. The quantitative estimate of drug-likeness (QED) is 0.571. The van der Waals surface area contributed by atoms with E-state index in [1.165, 1.54) is 5.57 Å².